The third-order valence-corrected chi connectivity index (χ3v) is 4.72. The standard InChI is InChI=1S/C18H22O2/c1-3-14-16(13-9-5-6-10-15(13)20-14)17(19)18(2)11-7-4-8-12-18/h5-6,9-10H,3-4,7-8,11-12H2,1-2H3. The van der Waals surface area contributed by atoms with Gasteiger partial charge >= 0.3 is 0 Å². The summed E-state index contributed by atoms with van der Waals surface area (Å²) >= 11 is 0. The monoisotopic (exact) mass is 270 g/mol. The fourth-order valence-electron chi connectivity index (χ4n) is 3.45. The first-order valence-corrected chi connectivity index (χ1v) is 7.71. The number of benzene rings is 1. The highest BCUT2D eigenvalue weighted by atomic mass is 16.3. The molecule has 0 spiro atoms. The van der Waals surface area contributed by atoms with Crippen LogP contribution in [0.4, 0.5) is 0 Å². The summed E-state index contributed by atoms with van der Waals surface area (Å²) < 4.78 is 5.88. The number of hydrogen-bond acceptors (Lipinski definition) is 2. The Morgan fingerprint density at radius 1 is 1.20 bits per heavy atom. The molecule has 2 heteroatoms. The van der Waals surface area contributed by atoms with Gasteiger partial charge in [0.2, 0.25) is 0 Å². The van der Waals surface area contributed by atoms with Gasteiger partial charge in [-0.2, -0.15) is 0 Å². The molecule has 0 atom stereocenters. The first-order chi connectivity index (χ1) is 9.65. The predicted molar refractivity (Wildman–Crippen MR) is 81.1 cm³/mol. The van der Waals surface area contributed by atoms with Gasteiger partial charge in [-0.1, -0.05) is 51.3 Å². The zero-order chi connectivity index (χ0) is 14.2. The lowest BCUT2D eigenvalue weighted by Gasteiger charge is -2.32. The zero-order valence-electron chi connectivity index (χ0n) is 12.4. The van der Waals surface area contributed by atoms with Crippen LogP contribution in [0.1, 0.15) is 62.1 Å². The van der Waals surface area contributed by atoms with Gasteiger partial charge in [0.05, 0.1) is 5.56 Å². The molecule has 106 valence electrons. The minimum Gasteiger partial charge on any atom is -0.460 e. The summed E-state index contributed by atoms with van der Waals surface area (Å²) in [5, 5.41) is 0.987. The number of ketones is 1. The van der Waals surface area contributed by atoms with Crippen molar-refractivity contribution in [2.75, 3.05) is 0 Å². The molecule has 0 aliphatic heterocycles. The average Bonchev–Trinajstić information content (AvgIpc) is 2.85. The van der Waals surface area contributed by atoms with Crippen molar-refractivity contribution in [2.24, 2.45) is 5.41 Å². The molecule has 1 aromatic heterocycles. The van der Waals surface area contributed by atoms with Gasteiger partial charge in [0, 0.05) is 17.2 Å². The number of carbonyl (C=O) groups excluding carboxylic acids is 1. The lowest BCUT2D eigenvalue weighted by molar-refractivity contribution is 0.0749. The Morgan fingerprint density at radius 2 is 1.90 bits per heavy atom. The Morgan fingerprint density at radius 3 is 2.60 bits per heavy atom. The van der Waals surface area contributed by atoms with Crippen molar-refractivity contribution in [1.82, 2.24) is 0 Å². The van der Waals surface area contributed by atoms with Gasteiger partial charge in [0.25, 0.3) is 0 Å². The Labute approximate surface area is 120 Å². The molecule has 0 saturated heterocycles. The third-order valence-electron chi connectivity index (χ3n) is 4.72. The molecule has 1 aliphatic rings. The SMILES string of the molecule is CCc1oc2ccccc2c1C(=O)C1(C)CCCCC1. The van der Waals surface area contributed by atoms with E-state index in [0.29, 0.717) is 5.78 Å². The maximum absolute atomic E-state index is 13.1. The maximum Gasteiger partial charge on any atom is 0.172 e. The van der Waals surface area contributed by atoms with E-state index < -0.39 is 0 Å². The van der Waals surface area contributed by atoms with Crippen molar-refractivity contribution in [3.8, 4) is 0 Å². The number of aryl methyl sites for hydroxylation is 1. The molecular weight excluding hydrogens is 248 g/mol. The number of fused-ring (bicyclic) bond motifs is 1. The van der Waals surface area contributed by atoms with Crippen molar-refractivity contribution in [3.05, 3.63) is 35.6 Å². The predicted octanol–water partition coefficient (Wildman–Crippen LogP) is 5.15. The summed E-state index contributed by atoms with van der Waals surface area (Å²) in [7, 11) is 0. The molecule has 1 fully saturated rings. The number of Topliss-reactive ketones (excluding diaryl/α,β-unsaturated/α-hetero) is 1. The van der Waals surface area contributed by atoms with E-state index in [1.165, 1.54) is 19.3 Å². The Balaban J connectivity index is 2.10. The Bertz CT molecular complexity index is 630. The number of rotatable bonds is 3. The van der Waals surface area contributed by atoms with E-state index in [1.54, 1.807) is 0 Å². The van der Waals surface area contributed by atoms with E-state index in [9.17, 15) is 4.79 Å². The van der Waals surface area contributed by atoms with E-state index in [2.05, 4.69) is 13.8 Å². The summed E-state index contributed by atoms with van der Waals surface area (Å²) in [5.74, 6) is 1.14. The lowest BCUT2D eigenvalue weighted by Crippen LogP contribution is -2.30. The summed E-state index contributed by atoms with van der Waals surface area (Å²) in [5.41, 5.74) is 1.48. The van der Waals surface area contributed by atoms with Crippen molar-refractivity contribution in [2.45, 2.75) is 52.4 Å². The summed E-state index contributed by atoms with van der Waals surface area (Å²) in [4.78, 5) is 13.1. The van der Waals surface area contributed by atoms with Crippen LogP contribution in [0.2, 0.25) is 0 Å². The van der Waals surface area contributed by atoms with Crippen LogP contribution >= 0.6 is 0 Å². The molecule has 1 saturated carbocycles. The minimum absolute atomic E-state index is 0.200. The minimum atomic E-state index is -0.200. The highest BCUT2D eigenvalue weighted by molar-refractivity contribution is 6.11. The fourth-order valence-corrected chi connectivity index (χ4v) is 3.45. The first-order valence-electron chi connectivity index (χ1n) is 7.71. The van der Waals surface area contributed by atoms with Gasteiger partial charge in [-0.3, -0.25) is 4.79 Å². The molecule has 20 heavy (non-hydrogen) atoms. The second-order valence-corrected chi connectivity index (χ2v) is 6.20. The summed E-state index contributed by atoms with van der Waals surface area (Å²) in [6.07, 6.45) is 6.38. The van der Waals surface area contributed by atoms with E-state index in [-0.39, 0.29) is 5.41 Å². The number of carbonyl (C=O) groups is 1. The fraction of sp³-hybridized carbons (Fsp3) is 0.500. The van der Waals surface area contributed by atoms with Crippen LogP contribution < -0.4 is 0 Å². The molecule has 2 nitrogen and oxygen atoms in total. The molecule has 0 radical (unpaired) electrons. The third kappa shape index (κ3) is 2.07. The second kappa shape index (κ2) is 5.08. The van der Waals surface area contributed by atoms with Crippen LogP contribution in [0, 0.1) is 5.41 Å². The van der Waals surface area contributed by atoms with E-state index >= 15 is 0 Å². The lowest BCUT2D eigenvalue weighted by atomic mass is 9.70. The molecule has 1 aliphatic carbocycles. The topological polar surface area (TPSA) is 30.2 Å². The molecule has 0 amide bonds. The molecule has 0 N–H and O–H groups in total. The first kappa shape index (κ1) is 13.4. The number of para-hydroxylation sites is 1. The van der Waals surface area contributed by atoms with Gasteiger partial charge in [-0.25, -0.2) is 0 Å². The number of hydrogen-bond donors (Lipinski definition) is 0. The van der Waals surface area contributed by atoms with Crippen LogP contribution in [-0.2, 0) is 6.42 Å². The van der Waals surface area contributed by atoms with Crippen molar-refractivity contribution in [1.29, 1.82) is 0 Å². The molecule has 3 rings (SSSR count). The van der Waals surface area contributed by atoms with Gasteiger partial charge in [0.1, 0.15) is 11.3 Å². The summed E-state index contributed by atoms with van der Waals surface area (Å²) in [6, 6.07) is 7.91. The van der Waals surface area contributed by atoms with Crippen LogP contribution in [-0.4, -0.2) is 5.78 Å². The molecule has 1 aromatic carbocycles. The number of furan rings is 1. The van der Waals surface area contributed by atoms with E-state index in [4.69, 9.17) is 4.42 Å². The molecule has 0 unspecified atom stereocenters. The highest BCUT2D eigenvalue weighted by Gasteiger charge is 2.37. The second-order valence-electron chi connectivity index (χ2n) is 6.20. The van der Waals surface area contributed by atoms with Crippen LogP contribution in [0.5, 0.6) is 0 Å². The largest absolute Gasteiger partial charge is 0.460 e. The van der Waals surface area contributed by atoms with E-state index in [0.717, 1.165) is 41.6 Å². The van der Waals surface area contributed by atoms with Gasteiger partial charge in [-0.15, -0.1) is 0 Å². The Kier molecular flexibility index (Phi) is 3.41. The Hall–Kier alpha value is -1.57. The smallest absolute Gasteiger partial charge is 0.172 e. The quantitative estimate of drug-likeness (QED) is 0.722. The van der Waals surface area contributed by atoms with Gasteiger partial charge in [-0.05, 0) is 18.9 Å². The normalized spacial score (nSPS) is 18.3. The van der Waals surface area contributed by atoms with Crippen molar-refractivity contribution < 1.29 is 9.21 Å². The van der Waals surface area contributed by atoms with Crippen molar-refractivity contribution in [3.63, 3.8) is 0 Å². The van der Waals surface area contributed by atoms with E-state index in [1.807, 2.05) is 24.3 Å². The van der Waals surface area contributed by atoms with Crippen LogP contribution in [0.15, 0.2) is 28.7 Å². The molecule has 1 heterocycles. The summed E-state index contributed by atoms with van der Waals surface area (Å²) in [6.45, 7) is 4.19. The highest BCUT2D eigenvalue weighted by Crippen LogP contribution is 2.41. The van der Waals surface area contributed by atoms with Crippen molar-refractivity contribution >= 4 is 16.8 Å². The van der Waals surface area contributed by atoms with Crippen LogP contribution in [0.3, 0.4) is 0 Å². The van der Waals surface area contributed by atoms with Gasteiger partial charge in [0.15, 0.2) is 5.78 Å². The van der Waals surface area contributed by atoms with Crippen LogP contribution in [0.25, 0.3) is 11.0 Å². The molecule has 2 aromatic rings. The molecular formula is C18H22O2. The average molecular weight is 270 g/mol. The molecule has 0 bridgehead atoms. The zero-order valence-corrected chi connectivity index (χ0v) is 12.4. The maximum atomic E-state index is 13.1. The van der Waals surface area contributed by atoms with Gasteiger partial charge < -0.3 is 4.42 Å².